The molecule has 7 heteroatoms. The average Bonchev–Trinajstić information content (AvgIpc) is 3.20. The number of hydrogen-bond acceptors (Lipinski definition) is 4. The van der Waals surface area contributed by atoms with Gasteiger partial charge in [0, 0.05) is 32.0 Å². The number of hydrogen-bond donors (Lipinski definition) is 2. The van der Waals surface area contributed by atoms with Gasteiger partial charge in [-0.1, -0.05) is 61.4 Å². The fraction of sp³-hybridized carbons (Fsp3) is 0.464. The molecule has 0 aromatic heterocycles. The normalized spacial score (nSPS) is 15.4. The number of benzene rings is 2. The molecule has 2 N–H and O–H groups in total. The summed E-state index contributed by atoms with van der Waals surface area (Å²) < 4.78 is 5.55. The molecule has 2 aromatic rings. The lowest BCUT2D eigenvalue weighted by molar-refractivity contribution is -0.145. The zero-order chi connectivity index (χ0) is 24.6. The molecule has 1 aliphatic heterocycles. The number of rotatable bonds is 10. The van der Waals surface area contributed by atoms with Crippen molar-refractivity contribution in [1.29, 1.82) is 0 Å². The van der Waals surface area contributed by atoms with Gasteiger partial charge in [0.1, 0.15) is 6.61 Å². The van der Waals surface area contributed by atoms with E-state index < -0.39 is 12.1 Å². The molecular weight excluding hydrogens is 444 g/mol. The van der Waals surface area contributed by atoms with Crippen molar-refractivity contribution in [3.63, 3.8) is 0 Å². The SMILES string of the molecule is O=C(NCCCCCCC(=O)N1CCC(C(=O)O)CC1)OCC1c2ccccc2-c2ccccc21. The van der Waals surface area contributed by atoms with E-state index in [0.29, 0.717) is 45.5 Å². The van der Waals surface area contributed by atoms with Crippen molar-refractivity contribution < 1.29 is 24.2 Å². The van der Waals surface area contributed by atoms with E-state index in [4.69, 9.17) is 9.84 Å². The maximum absolute atomic E-state index is 12.3. The second-order valence-corrected chi connectivity index (χ2v) is 9.41. The number of alkyl carbamates (subject to hydrolysis) is 1. The molecule has 7 nitrogen and oxygen atoms in total. The van der Waals surface area contributed by atoms with Crippen LogP contribution in [0, 0.1) is 5.92 Å². The minimum Gasteiger partial charge on any atom is -0.481 e. The highest BCUT2D eigenvalue weighted by atomic mass is 16.5. The summed E-state index contributed by atoms with van der Waals surface area (Å²) in [5, 5.41) is 11.9. The number of carboxylic acid groups (broad SMARTS) is 1. The monoisotopic (exact) mass is 478 g/mol. The summed E-state index contributed by atoms with van der Waals surface area (Å²) in [6.45, 7) is 1.94. The molecule has 1 saturated heterocycles. The number of fused-ring (bicyclic) bond motifs is 3. The number of nitrogens with zero attached hydrogens (tertiary/aromatic N) is 1. The Morgan fingerprint density at radius 3 is 2.11 bits per heavy atom. The molecule has 0 spiro atoms. The first-order valence-electron chi connectivity index (χ1n) is 12.6. The minimum atomic E-state index is -0.760. The number of piperidine rings is 1. The Hall–Kier alpha value is -3.35. The van der Waals surface area contributed by atoms with Crippen molar-refractivity contribution in [3.8, 4) is 11.1 Å². The molecule has 2 aromatic carbocycles. The van der Waals surface area contributed by atoms with Gasteiger partial charge in [-0.25, -0.2) is 4.79 Å². The lowest BCUT2D eigenvalue weighted by Gasteiger charge is -2.30. The quantitative estimate of drug-likeness (QED) is 0.478. The summed E-state index contributed by atoms with van der Waals surface area (Å²) in [7, 11) is 0. The van der Waals surface area contributed by atoms with Gasteiger partial charge in [0.25, 0.3) is 0 Å². The Morgan fingerprint density at radius 1 is 0.886 bits per heavy atom. The van der Waals surface area contributed by atoms with E-state index in [1.54, 1.807) is 4.90 Å². The van der Waals surface area contributed by atoms with Gasteiger partial charge in [0.15, 0.2) is 0 Å². The fourth-order valence-electron chi connectivity index (χ4n) is 5.13. The van der Waals surface area contributed by atoms with Crippen molar-refractivity contribution in [2.24, 2.45) is 5.92 Å². The van der Waals surface area contributed by atoms with Crippen LogP contribution in [0.5, 0.6) is 0 Å². The third-order valence-corrected chi connectivity index (χ3v) is 7.13. The van der Waals surface area contributed by atoms with Crippen LogP contribution < -0.4 is 5.32 Å². The van der Waals surface area contributed by atoms with Crippen molar-refractivity contribution >= 4 is 18.0 Å². The molecular formula is C28H34N2O5. The molecule has 1 heterocycles. The highest BCUT2D eigenvalue weighted by Gasteiger charge is 2.29. The van der Waals surface area contributed by atoms with Crippen LogP contribution in [0.25, 0.3) is 11.1 Å². The number of ether oxygens (including phenoxy) is 1. The molecule has 186 valence electrons. The standard InChI is InChI=1S/C28H34N2O5/c31-26(30-17-14-20(15-18-30)27(32)33)13-3-1-2-8-16-29-28(34)35-19-25-23-11-6-4-9-21(23)22-10-5-7-12-24(22)25/h4-7,9-12,20,25H,1-3,8,13-19H2,(H,29,34)(H,32,33). The van der Waals surface area contributed by atoms with Crippen LogP contribution in [-0.4, -0.2) is 54.2 Å². The molecule has 2 amide bonds. The van der Waals surface area contributed by atoms with E-state index in [0.717, 1.165) is 25.7 Å². The molecule has 4 rings (SSSR count). The topological polar surface area (TPSA) is 95.9 Å². The molecule has 0 atom stereocenters. The molecule has 0 radical (unpaired) electrons. The van der Waals surface area contributed by atoms with Gasteiger partial charge in [-0.15, -0.1) is 0 Å². The molecule has 0 unspecified atom stereocenters. The van der Waals surface area contributed by atoms with Crippen LogP contribution in [0.4, 0.5) is 4.79 Å². The number of likely N-dealkylation sites (tertiary alicyclic amines) is 1. The highest BCUT2D eigenvalue weighted by Crippen LogP contribution is 2.44. The van der Waals surface area contributed by atoms with Crippen LogP contribution in [-0.2, 0) is 14.3 Å². The summed E-state index contributed by atoms with van der Waals surface area (Å²) >= 11 is 0. The van der Waals surface area contributed by atoms with Crippen molar-refractivity contribution in [2.45, 2.75) is 50.9 Å². The van der Waals surface area contributed by atoms with Crippen LogP contribution in [0.2, 0.25) is 0 Å². The molecule has 0 saturated carbocycles. The molecule has 1 aliphatic carbocycles. The van der Waals surface area contributed by atoms with Crippen molar-refractivity contribution in [3.05, 3.63) is 59.7 Å². The van der Waals surface area contributed by atoms with Crippen LogP contribution in [0.15, 0.2) is 48.5 Å². The molecule has 2 aliphatic rings. The predicted octanol–water partition coefficient (Wildman–Crippen LogP) is 4.80. The van der Waals surface area contributed by atoms with E-state index in [2.05, 4.69) is 29.6 Å². The maximum Gasteiger partial charge on any atom is 0.407 e. The Balaban J connectivity index is 1.08. The lowest BCUT2D eigenvalue weighted by atomic mass is 9.97. The van der Waals surface area contributed by atoms with E-state index in [1.807, 2.05) is 24.3 Å². The van der Waals surface area contributed by atoms with E-state index >= 15 is 0 Å². The number of carbonyl (C=O) groups excluding carboxylic acids is 2. The number of aliphatic carboxylic acids is 1. The average molecular weight is 479 g/mol. The van der Waals surface area contributed by atoms with Gasteiger partial charge in [-0.2, -0.15) is 0 Å². The van der Waals surface area contributed by atoms with Crippen LogP contribution in [0.1, 0.15) is 62.0 Å². The third-order valence-electron chi connectivity index (χ3n) is 7.13. The zero-order valence-electron chi connectivity index (χ0n) is 20.1. The maximum atomic E-state index is 12.3. The van der Waals surface area contributed by atoms with Gasteiger partial charge in [-0.3, -0.25) is 9.59 Å². The molecule has 1 fully saturated rings. The zero-order valence-corrected chi connectivity index (χ0v) is 20.1. The largest absolute Gasteiger partial charge is 0.481 e. The van der Waals surface area contributed by atoms with Gasteiger partial charge in [0.2, 0.25) is 5.91 Å². The fourth-order valence-corrected chi connectivity index (χ4v) is 5.13. The smallest absolute Gasteiger partial charge is 0.407 e. The molecule has 35 heavy (non-hydrogen) atoms. The van der Waals surface area contributed by atoms with E-state index in [9.17, 15) is 14.4 Å². The van der Waals surface area contributed by atoms with Crippen molar-refractivity contribution in [2.75, 3.05) is 26.2 Å². The first-order valence-corrected chi connectivity index (χ1v) is 12.6. The number of amides is 2. The summed E-state index contributed by atoms with van der Waals surface area (Å²) in [6, 6.07) is 16.5. The first kappa shape index (κ1) is 24.8. The number of nitrogens with one attached hydrogen (secondary N) is 1. The van der Waals surface area contributed by atoms with Crippen molar-refractivity contribution in [1.82, 2.24) is 10.2 Å². The number of unbranched alkanes of at least 4 members (excludes halogenated alkanes) is 3. The summed E-state index contributed by atoms with van der Waals surface area (Å²) in [5.74, 6) is -0.905. The van der Waals surface area contributed by atoms with Crippen LogP contribution in [0.3, 0.4) is 0 Å². The highest BCUT2D eigenvalue weighted by molar-refractivity contribution is 5.79. The number of carbonyl (C=O) groups is 3. The first-order chi connectivity index (χ1) is 17.0. The minimum absolute atomic E-state index is 0.0561. The summed E-state index contributed by atoms with van der Waals surface area (Å²) in [5.41, 5.74) is 4.81. The summed E-state index contributed by atoms with van der Waals surface area (Å²) in [4.78, 5) is 37.3. The van der Waals surface area contributed by atoms with Gasteiger partial charge in [0.05, 0.1) is 5.92 Å². The Kier molecular flexibility index (Phi) is 8.40. The Labute approximate surface area is 206 Å². The van der Waals surface area contributed by atoms with Gasteiger partial charge < -0.3 is 20.1 Å². The van der Waals surface area contributed by atoms with Gasteiger partial charge >= 0.3 is 12.1 Å². The third kappa shape index (κ3) is 6.21. The van der Waals surface area contributed by atoms with Gasteiger partial charge in [-0.05, 0) is 47.9 Å². The molecule has 0 bridgehead atoms. The van der Waals surface area contributed by atoms with Crippen LogP contribution >= 0.6 is 0 Å². The predicted molar refractivity (Wildman–Crippen MR) is 133 cm³/mol. The Morgan fingerprint density at radius 2 is 1.49 bits per heavy atom. The van der Waals surface area contributed by atoms with E-state index in [-0.39, 0.29) is 17.7 Å². The number of carboxylic acids is 1. The summed E-state index contributed by atoms with van der Waals surface area (Å²) in [6.07, 6.45) is 4.68. The van der Waals surface area contributed by atoms with E-state index in [1.165, 1.54) is 22.3 Å². The lowest BCUT2D eigenvalue weighted by Crippen LogP contribution is -2.40. The second kappa shape index (κ2) is 11.9. The second-order valence-electron chi connectivity index (χ2n) is 9.41. The Bertz CT molecular complexity index is 1000.